The first-order valence-electron chi connectivity index (χ1n) is 5.26. The second kappa shape index (κ2) is 5.26. The molecule has 0 saturated carbocycles. The maximum absolute atomic E-state index is 5.65. The molecule has 0 bridgehead atoms. The molecule has 0 aliphatic rings. The van der Waals surface area contributed by atoms with Crippen molar-refractivity contribution >= 4 is 27.3 Å². The Morgan fingerprint density at radius 1 is 1.65 bits per heavy atom. The van der Waals surface area contributed by atoms with Crippen LogP contribution in [0.2, 0.25) is 0 Å². The van der Waals surface area contributed by atoms with E-state index in [2.05, 4.69) is 31.4 Å². The summed E-state index contributed by atoms with van der Waals surface area (Å²) in [5.41, 5.74) is 4.73. The van der Waals surface area contributed by atoms with Crippen LogP contribution < -0.4 is 11.3 Å². The van der Waals surface area contributed by atoms with E-state index in [0.29, 0.717) is 0 Å². The minimum absolute atomic E-state index is 0.142. The van der Waals surface area contributed by atoms with Crippen LogP contribution >= 0.6 is 27.3 Å². The zero-order valence-electron chi connectivity index (χ0n) is 9.64. The smallest absolute Gasteiger partial charge is 0.107 e. The molecule has 0 saturated heterocycles. The Bertz CT molecular complexity index is 507. The maximum atomic E-state index is 5.65. The summed E-state index contributed by atoms with van der Waals surface area (Å²) in [5.74, 6) is 5.65. The zero-order valence-corrected chi connectivity index (χ0v) is 12.0. The van der Waals surface area contributed by atoms with Crippen LogP contribution in [0.4, 0.5) is 0 Å². The number of hydrogen-bond donors (Lipinski definition) is 2. The summed E-state index contributed by atoms with van der Waals surface area (Å²) in [6.45, 7) is 4.82. The van der Waals surface area contributed by atoms with Crippen LogP contribution in [0.3, 0.4) is 0 Å². The van der Waals surface area contributed by atoms with Crippen LogP contribution in [0.15, 0.2) is 16.0 Å². The number of rotatable bonds is 4. The summed E-state index contributed by atoms with van der Waals surface area (Å²) in [6, 6.07) is -0.142. The highest BCUT2D eigenvalue weighted by molar-refractivity contribution is 9.10. The van der Waals surface area contributed by atoms with Crippen molar-refractivity contribution in [3.05, 3.63) is 32.4 Å². The molecule has 0 fully saturated rings. The topological polar surface area (TPSA) is 68.8 Å². The van der Waals surface area contributed by atoms with Gasteiger partial charge in [-0.15, -0.1) is 11.3 Å². The maximum Gasteiger partial charge on any atom is 0.107 e. The number of aryl methyl sites for hydroxylation is 2. The molecule has 0 amide bonds. The third-order valence-electron chi connectivity index (χ3n) is 2.51. The van der Waals surface area contributed by atoms with Gasteiger partial charge in [-0.3, -0.25) is 10.5 Å². The summed E-state index contributed by atoms with van der Waals surface area (Å²) in [4.78, 5) is 4.47. The minimum Gasteiger partial charge on any atom is -0.270 e. The second-order valence-electron chi connectivity index (χ2n) is 3.58. The molecule has 2 heterocycles. The van der Waals surface area contributed by atoms with Gasteiger partial charge in [0.15, 0.2) is 0 Å². The molecule has 0 aliphatic carbocycles. The van der Waals surface area contributed by atoms with Crippen molar-refractivity contribution in [2.75, 3.05) is 0 Å². The number of nitrogens with one attached hydrogen (secondary N) is 1. The van der Waals surface area contributed by atoms with Gasteiger partial charge in [-0.25, -0.2) is 10.4 Å². The molecule has 17 heavy (non-hydrogen) atoms. The fourth-order valence-corrected chi connectivity index (χ4v) is 2.89. The fraction of sp³-hybridized carbons (Fsp3) is 0.400. The van der Waals surface area contributed by atoms with E-state index in [-0.39, 0.29) is 6.04 Å². The molecule has 1 unspecified atom stereocenters. The molecule has 0 radical (unpaired) electrons. The predicted octanol–water partition coefficient (Wildman–Crippen LogP) is 1.98. The van der Waals surface area contributed by atoms with E-state index in [1.54, 1.807) is 17.5 Å². The number of nitrogens with zero attached hydrogens (tertiary/aromatic N) is 3. The third-order valence-corrected chi connectivity index (χ3v) is 3.91. The molecule has 1 atom stereocenters. The molecular weight excluding hydrogens is 302 g/mol. The molecule has 3 N–H and O–H groups in total. The Labute approximate surface area is 112 Å². The highest BCUT2D eigenvalue weighted by Crippen LogP contribution is 2.28. The first kappa shape index (κ1) is 12.7. The lowest BCUT2D eigenvalue weighted by Gasteiger charge is -2.15. The Hall–Kier alpha value is -0.760. The number of aromatic nitrogens is 3. The summed E-state index contributed by atoms with van der Waals surface area (Å²) in [6.07, 6.45) is 1.78. The third kappa shape index (κ3) is 2.42. The lowest BCUT2D eigenvalue weighted by molar-refractivity contribution is 0.535. The highest BCUT2D eigenvalue weighted by Gasteiger charge is 2.22. The first-order valence-corrected chi connectivity index (χ1v) is 6.94. The van der Waals surface area contributed by atoms with Crippen LogP contribution in [0.25, 0.3) is 0 Å². The zero-order chi connectivity index (χ0) is 12.4. The number of hydrogen-bond acceptors (Lipinski definition) is 5. The summed E-state index contributed by atoms with van der Waals surface area (Å²) in [5, 5.41) is 7.33. The summed E-state index contributed by atoms with van der Waals surface area (Å²) in [7, 11) is 0. The van der Waals surface area contributed by atoms with E-state index < -0.39 is 0 Å². The van der Waals surface area contributed by atoms with Gasteiger partial charge in [0.25, 0.3) is 0 Å². The Morgan fingerprint density at radius 3 is 2.94 bits per heavy atom. The van der Waals surface area contributed by atoms with Crippen molar-refractivity contribution in [1.82, 2.24) is 20.2 Å². The van der Waals surface area contributed by atoms with Crippen LogP contribution in [0, 0.1) is 6.92 Å². The van der Waals surface area contributed by atoms with Gasteiger partial charge in [0.05, 0.1) is 27.1 Å². The van der Waals surface area contributed by atoms with Crippen molar-refractivity contribution < 1.29 is 0 Å². The standard InChI is InChI=1S/C10H14BrN5S/c1-3-16-10(7(11)4-13-16)9(15-12)8-5-17-6(2)14-8/h4-5,9,15H,3,12H2,1-2H3. The van der Waals surface area contributed by atoms with Gasteiger partial charge in [0.2, 0.25) is 0 Å². The van der Waals surface area contributed by atoms with E-state index in [9.17, 15) is 0 Å². The Morgan fingerprint density at radius 2 is 2.41 bits per heavy atom. The molecule has 5 nitrogen and oxygen atoms in total. The molecule has 0 aromatic carbocycles. The molecule has 92 valence electrons. The normalized spacial score (nSPS) is 12.9. The average Bonchev–Trinajstić information content (AvgIpc) is 2.89. The van der Waals surface area contributed by atoms with Gasteiger partial charge >= 0.3 is 0 Å². The molecule has 2 aromatic heterocycles. The van der Waals surface area contributed by atoms with E-state index in [4.69, 9.17) is 5.84 Å². The number of nitrogens with two attached hydrogens (primary N) is 1. The largest absolute Gasteiger partial charge is 0.270 e. The van der Waals surface area contributed by atoms with Gasteiger partial charge in [-0.05, 0) is 29.8 Å². The lowest BCUT2D eigenvalue weighted by atomic mass is 10.1. The van der Waals surface area contributed by atoms with Crippen LogP contribution in [-0.2, 0) is 6.54 Å². The van der Waals surface area contributed by atoms with Gasteiger partial charge in [-0.1, -0.05) is 0 Å². The Kier molecular flexibility index (Phi) is 3.93. The molecule has 0 spiro atoms. The SMILES string of the molecule is CCn1ncc(Br)c1C(NN)c1csc(C)n1. The monoisotopic (exact) mass is 315 g/mol. The van der Waals surface area contributed by atoms with E-state index >= 15 is 0 Å². The van der Waals surface area contributed by atoms with Crippen molar-refractivity contribution in [3.8, 4) is 0 Å². The van der Waals surface area contributed by atoms with E-state index in [0.717, 1.165) is 27.4 Å². The first-order chi connectivity index (χ1) is 8.17. The van der Waals surface area contributed by atoms with Gasteiger partial charge in [-0.2, -0.15) is 5.10 Å². The number of thiazole rings is 1. The van der Waals surface area contributed by atoms with Crippen molar-refractivity contribution in [3.63, 3.8) is 0 Å². The average molecular weight is 316 g/mol. The van der Waals surface area contributed by atoms with Crippen LogP contribution in [-0.4, -0.2) is 14.8 Å². The second-order valence-corrected chi connectivity index (χ2v) is 5.50. The summed E-state index contributed by atoms with van der Waals surface area (Å²) >= 11 is 5.11. The van der Waals surface area contributed by atoms with E-state index in [1.165, 1.54) is 0 Å². The number of halogens is 1. The van der Waals surface area contributed by atoms with Gasteiger partial charge in [0, 0.05) is 11.9 Å². The van der Waals surface area contributed by atoms with Crippen molar-refractivity contribution in [2.45, 2.75) is 26.4 Å². The minimum atomic E-state index is -0.142. The summed E-state index contributed by atoms with van der Waals surface area (Å²) < 4.78 is 2.84. The quantitative estimate of drug-likeness (QED) is 0.668. The predicted molar refractivity (Wildman–Crippen MR) is 71.6 cm³/mol. The van der Waals surface area contributed by atoms with E-state index in [1.807, 2.05) is 23.9 Å². The number of hydrazine groups is 1. The molecular formula is C10H14BrN5S. The van der Waals surface area contributed by atoms with Gasteiger partial charge in [0.1, 0.15) is 6.04 Å². The molecule has 7 heteroatoms. The van der Waals surface area contributed by atoms with Crippen LogP contribution in [0.1, 0.15) is 29.4 Å². The molecule has 0 aliphatic heterocycles. The molecule has 2 aromatic rings. The fourth-order valence-electron chi connectivity index (χ4n) is 1.73. The van der Waals surface area contributed by atoms with Crippen molar-refractivity contribution in [2.24, 2.45) is 5.84 Å². The lowest BCUT2D eigenvalue weighted by Crippen LogP contribution is -2.31. The van der Waals surface area contributed by atoms with Gasteiger partial charge < -0.3 is 0 Å². The van der Waals surface area contributed by atoms with Crippen molar-refractivity contribution in [1.29, 1.82) is 0 Å². The van der Waals surface area contributed by atoms with Crippen LogP contribution in [0.5, 0.6) is 0 Å². The molecule has 2 rings (SSSR count). The Balaban J connectivity index is 2.44. The highest BCUT2D eigenvalue weighted by atomic mass is 79.9.